The van der Waals surface area contributed by atoms with Crippen LogP contribution in [0.1, 0.15) is 33.6 Å². The smallest absolute Gasteiger partial charge is 0.410 e. The molecule has 1 fully saturated rings. The van der Waals surface area contributed by atoms with Crippen LogP contribution in [0, 0.1) is 0 Å². The molecular weight excluding hydrogens is 310 g/mol. The molecule has 1 amide bonds. The van der Waals surface area contributed by atoms with Crippen LogP contribution in [0.25, 0.3) is 0 Å². The number of aromatic nitrogens is 2. The van der Waals surface area contributed by atoms with Crippen molar-refractivity contribution in [3.63, 3.8) is 0 Å². The first kappa shape index (κ1) is 16.4. The van der Waals surface area contributed by atoms with E-state index in [4.69, 9.17) is 16.3 Å². The number of amides is 1. The second-order valence-corrected chi connectivity index (χ2v) is 7.39. The molecule has 0 N–H and O–H groups in total. The van der Waals surface area contributed by atoms with Gasteiger partial charge in [0.25, 0.3) is 0 Å². The molecule has 2 rings (SSSR count). The highest BCUT2D eigenvalue weighted by atomic mass is 35.5. The van der Waals surface area contributed by atoms with Gasteiger partial charge in [-0.3, -0.25) is 0 Å². The summed E-state index contributed by atoms with van der Waals surface area (Å²) in [4.78, 5) is 22.3. The van der Waals surface area contributed by atoms with Crippen LogP contribution in [0.5, 0.6) is 0 Å². The van der Waals surface area contributed by atoms with E-state index < -0.39 is 5.60 Å². The minimum atomic E-state index is -0.462. The number of nitrogens with zero attached hydrogens (tertiary/aromatic N) is 3. The lowest BCUT2D eigenvalue weighted by atomic mass is 10.2. The monoisotopic (exact) mass is 329 g/mol. The van der Waals surface area contributed by atoms with E-state index in [-0.39, 0.29) is 12.1 Å². The zero-order valence-electron chi connectivity index (χ0n) is 12.5. The van der Waals surface area contributed by atoms with Gasteiger partial charge >= 0.3 is 6.09 Å². The highest BCUT2D eigenvalue weighted by Crippen LogP contribution is 2.25. The van der Waals surface area contributed by atoms with Gasteiger partial charge in [0.05, 0.1) is 17.4 Å². The molecule has 1 saturated heterocycles. The molecule has 1 aromatic heterocycles. The molecule has 7 heteroatoms. The normalized spacial score (nSPS) is 18.9. The minimum Gasteiger partial charge on any atom is -0.444 e. The Labute approximate surface area is 134 Å². The van der Waals surface area contributed by atoms with Gasteiger partial charge in [-0.05, 0) is 33.6 Å². The minimum absolute atomic E-state index is 0.170. The van der Waals surface area contributed by atoms with E-state index in [9.17, 15) is 4.79 Å². The van der Waals surface area contributed by atoms with Crippen molar-refractivity contribution >= 4 is 29.5 Å². The SMILES string of the molecule is CC(C)(C)OC(=O)N1CCCC1CSc1ncc(Cl)cn1. The molecule has 1 aromatic rings. The number of carbonyl (C=O) groups excluding carboxylic acids is 1. The molecule has 1 atom stereocenters. The molecule has 2 heterocycles. The predicted octanol–water partition coefficient (Wildman–Crippen LogP) is 3.62. The Morgan fingerprint density at radius 3 is 2.76 bits per heavy atom. The average molecular weight is 330 g/mol. The maximum atomic E-state index is 12.2. The van der Waals surface area contributed by atoms with Crippen LogP contribution >= 0.6 is 23.4 Å². The summed E-state index contributed by atoms with van der Waals surface area (Å²) >= 11 is 7.30. The topological polar surface area (TPSA) is 55.3 Å². The number of hydrogen-bond acceptors (Lipinski definition) is 5. The predicted molar refractivity (Wildman–Crippen MR) is 83.7 cm³/mol. The summed E-state index contributed by atoms with van der Waals surface area (Å²) in [6.07, 6.45) is 4.92. The molecule has 0 bridgehead atoms. The van der Waals surface area contributed by atoms with E-state index in [1.54, 1.807) is 12.4 Å². The van der Waals surface area contributed by atoms with Crippen molar-refractivity contribution in [3.05, 3.63) is 17.4 Å². The first-order valence-corrected chi connectivity index (χ1v) is 8.31. The fourth-order valence-corrected chi connectivity index (χ4v) is 3.16. The molecule has 0 saturated carbocycles. The maximum absolute atomic E-state index is 12.2. The molecule has 1 aliphatic heterocycles. The fraction of sp³-hybridized carbons (Fsp3) is 0.643. The van der Waals surface area contributed by atoms with Gasteiger partial charge in [0.1, 0.15) is 5.60 Å². The van der Waals surface area contributed by atoms with Gasteiger partial charge < -0.3 is 9.64 Å². The summed E-state index contributed by atoms with van der Waals surface area (Å²) in [5.41, 5.74) is -0.462. The number of hydrogen-bond donors (Lipinski definition) is 0. The van der Waals surface area contributed by atoms with Gasteiger partial charge in [-0.1, -0.05) is 23.4 Å². The van der Waals surface area contributed by atoms with Crippen molar-refractivity contribution in [1.82, 2.24) is 14.9 Å². The second-order valence-electron chi connectivity index (χ2n) is 5.96. The third-order valence-electron chi connectivity index (χ3n) is 3.01. The Morgan fingerprint density at radius 1 is 1.48 bits per heavy atom. The van der Waals surface area contributed by atoms with E-state index in [0.717, 1.165) is 25.1 Å². The van der Waals surface area contributed by atoms with E-state index in [2.05, 4.69) is 9.97 Å². The van der Waals surface area contributed by atoms with Crippen molar-refractivity contribution in [1.29, 1.82) is 0 Å². The Morgan fingerprint density at radius 2 is 2.14 bits per heavy atom. The largest absolute Gasteiger partial charge is 0.444 e. The number of halogens is 1. The third-order valence-corrected chi connectivity index (χ3v) is 4.22. The molecule has 1 aliphatic rings. The van der Waals surface area contributed by atoms with Crippen molar-refractivity contribution in [2.45, 2.75) is 50.4 Å². The lowest BCUT2D eigenvalue weighted by Gasteiger charge is -2.28. The quantitative estimate of drug-likeness (QED) is 0.626. The molecule has 1 unspecified atom stereocenters. The summed E-state index contributed by atoms with van der Waals surface area (Å²) in [6, 6.07) is 0.170. The first-order valence-electron chi connectivity index (χ1n) is 6.95. The highest BCUT2D eigenvalue weighted by Gasteiger charge is 2.32. The van der Waals surface area contributed by atoms with Crippen LogP contribution < -0.4 is 0 Å². The van der Waals surface area contributed by atoms with Gasteiger partial charge in [0, 0.05) is 18.3 Å². The summed E-state index contributed by atoms with van der Waals surface area (Å²) < 4.78 is 5.45. The standard InChI is InChI=1S/C14H20ClN3O2S/c1-14(2,3)20-13(19)18-6-4-5-11(18)9-21-12-16-7-10(15)8-17-12/h7-8,11H,4-6,9H2,1-3H3. The number of thioether (sulfide) groups is 1. The van der Waals surface area contributed by atoms with Crippen molar-refractivity contribution < 1.29 is 9.53 Å². The van der Waals surface area contributed by atoms with Crippen LogP contribution in [0.15, 0.2) is 17.6 Å². The summed E-state index contributed by atoms with van der Waals surface area (Å²) in [5, 5.41) is 1.20. The van der Waals surface area contributed by atoms with E-state index in [1.165, 1.54) is 11.8 Å². The highest BCUT2D eigenvalue weighted by molar-refractivity contribution is 7.99. The summed E-state index contributed by atoms with van der Waals surface area (Å²) in [6.45, 7) is 6.40. The second kappa shape index (κ2) is 6.83. The Hall–Kier alpha value is -1.01. The fourth-order valence-electron chi connectivity index (χ4n) is 2.12. The van der Waals surface area contributed by atoms with Gasteiger partial charge in [-0.15, -0.1) is 0 Å². The lowest BCUT2D eigenvalue weighted by Crippen LogP contribution is -2.40. The number of carbonyl (C=O) groups is 1. The molecular formula is C14H20ClN3O2S. The van der Waals surface area contributed by atoms with Crippen LogP contribution in [0.4, 0.5) is 4.79 Å². The first-order chi connectivity index (χ1) is 9.85. The van der Waals surface area contributed by atoms with Crippen molar-refractivity contribution in [2.75, 3.05) is 12.3 Å². The Bertz CT molecular complexity index is 490. The van der Waals surface area contributed by atoms with E-state index in [0.29, 0.717) is 10.2 Å². The van der Waals surface area contributed by atoms with Crippen LogP contribution in [-0.2, 0) is 4.74 Å². The molecule has 21 heavy (non-hydrogen) atoms. The van der Waals surface area contributed by atoms with Gasteiger partial charge in [0.15, 0.2) is 5.16 Å². The number of likely N-dealkylation sites (tertiary alicyclic amines) is 1. The molecule has 0 spiro atoms. The molecule has 0 aliphatic carbocycles. The van der Waals surface area contributed by atoms with Crippen molar-refractivity contribution in [2.24, 2.45) is 0 Å². The molecule has 0 aromatic carbocycles. The third kappa shape index (κ3) is 5.04. The van der Waals surface area contributed by atoms with E-state index >= 15 is 0 Å². The van der Waals surface area contributed by atoms with Crippen LogP contribution in [0.2, 0.25) is 5.02 Å². The molecule has 0 radical (unpaired) electrons. The molecule has 5 nitrogen and oxygen atoms in total. The summed E-state index contributed by atoms with van der Waals surface area (Å²) in [5.74, 6) is 0.765. The lowest BCUT2D eigenvalue weighted by molar-refractivity contribution is 0.0242. The Balaban J connectivity index is 1.90. The van der Waals surface area contributed by atoms with Crippen LogP contribution in [0.3, 0.4) is 0 Å². The zero-order valence-corrected chi connectivity index (χ0v) is 14.1. The number of ether oxygens (including phenoxy) is 1. The maximum Gasteiger partial charge on any atom is 0.410 e. The van der Waals surface area contributed by atoms with Crippen molar-refractivity contribution in [3.8, 4) is 0 Å². The summed E-state index contributed by atoms with van der Waals surface area (Å²) in [7, 11) is 0. The van der Waals surface area contributed by atoms with Gasteiger partial charge in [-0.25, -0.2) is 14.8 Å². The van der Waals surface area contributed by atoms with E-state index in [1.807, 2.05) is 25.7 Å². The molecule has 116 valence electrons. The van der Waals surface area contributed by atoms with Gasteiger partial charge in [0.2, 0.25) is 0 Å². The van der Waals surface area contributed by atoms with Gasteiger partial charge in [-0.2, -0.15) is 0 Å². The van der Waals surface area contributed by atoms with Crippen LogP contribution in [-0.4, -0.2) is 44.9 Å². The zero-order chi connectivity index (χ0) is 15.5. The number of rotatable bonds is 3. The Kier molecular flexibility index (Phi) is 5.32. The average Bonchev–Trinajstić information content (AvgIpc) is 2.84.